The number of amides is 1. The van der Waals surface area contributed by atoms with Crippen molar-refractivity contribution >= 4 is 11.6 Å². The Kier molecular flexibility index (Phi) is 4.82. The van der Waals surface area contributed by atoms with Gasteiger partial charge in [-0.3, -0.25) is 4.79 Å². The molecule has 0 radical (unpaired) electrons. The Balaban J connectivity index is 1.92. The second kappa shape index (κ2) is 6.79. The zero-order valence-electron chi connectivity index (χ0n) is 12.3. The summed E-state index contributed by atoms with van der Waals surface area (Å²) in [5.41, 5.74) is 9.05. The SMILES string of the molecule is COc1cccc(CCNC(=O)c2ccc(C)cc2N)c1. The quantitative estimate of drug-likeness (QED) is 0.829. The van der Waals surface area contributed by atoms with Gasteiger partial charge in [-0.05, 0) is 48.7 Å². The molecule has 0 unspecified atom stereocenters. The number of methoxy groups -OCH3 is 1. The average molecular weight is 284 g/mol. The Morgan fingerprint density at radius 1 is 1.24 bits per heavy atom. The van der Waals surface area contributed by atoms with Crippen LogP contribution in [0.4, 0.5) is 5.69 Å². The second-order valence-corrected chi connectivity index (χ2v) is 4.95. The highest BCUT2D eigenvalue weighted by Crippen LogP contribution is 2.14. The third kappa shape index (κ3) is 3.99. The summed E-state index contributed by atoms with van der Waals surface area (Å²) in [6.07, 6.45) is 0.745. The minimum absolute atomic E-state index is 0.143. The van der Waals surface area contributed by atoms with Gasteiger partial charge in [-0.25, -0.2) is 0 Å². The van der Waals surface area contributed by atoms with Gasteiger partial charge in [0.15, 0.2) is 0 Å². The summed E-state index contributed by atoms with van der Waals surface area (Å²) in [6.45, 7) is 2.50. The molecule has 3 N–H and O–H groups in total. The van der Waals surface area contributed by atoms with E-state index >= 15 is 0 Å². The number of nitrogens with two attached hydrogens (primary N) is 1. The van der Waals surface area contributed by atoms with Crippen LogP contribution in [0, 0.1) is 6.92 Å². The van der Waals surface area contributed by atoms with Gasteiger partial charge in [-0.2, -0.15) is 0 Å². The van der Waals surface area contributed by atoms with Gasteiger partial charge in [-0.1, -0.05) is 18.2 Å². The molecule has 0 spiro atoms. The molecule has 1 amide bonds. The Morgan fingerprint density at radius 2 is 2.05 bits per heavy atom. The van der Waals surface area contributed by atoms with Crippen LogP contribution in [0.25, 0.3) is 0 Å². The number of aryl methyl sites for hydroxylation is 1. The van der Waals surface area contributed by atoms with Crippen molar-refractivity contribution in [3.8, 4) is 5.75 Å². The number of hydrogen-bond donors (Lipinski definition) is 2. The first-order valence-corrected chi connectivity index (χ1v) is 6.87. The lowest BCUT2D eigenvalue weighted by atomic mass is 10.1. The molecular formula is C17H20N2O2. The van der Waals surface area contributed by atoms with Crippen molar-refractivity contribution in [2.45, 2.75) is 13.3 Å². The van der Waals surface area contributed by atoms with Gasteiger partial charge < -0.3 is 15.8 Å². The molecule has 0 aliphatic rings. The molecule has 0 fully saturated rings. The highest BCUT2D eigenvalue weighted by molar-refractivity contribution is 5.99. The van der Waals surface area contributed by atoms with Crippen LogP contribution in [0.3, 0.4) is 0 Å². The molecule has 0 heterocycles. The van der Waals surface area contributed by atoms with E-state index in [2.05, 4.69) is 5.32 Å². The number of anilines is 1. The first-order valence-electron chi connectivity index (χ1n) is 6.87. The third-order valence-electron chi connectivity index (χ3n) is 3.29. The molecule has 2 aromatic carbocycles. The number of benzene rings is 2. The zero-order valence-corrected chi connectivity index (χ0v) is 12.3. The maximum Gasteiger partial charge on any atom is 0.253 e. The van der Waals surface area contributed by atoms with Gasteiger partial charge in [0.2, 0.25) is 0 Å². The van der Waals surface area contributed by atoms with Crippen molar-refractivity contribution in [3.05, 3.63) is 59.2 Å². The first-order chi connectivity index (χ1) is 10.1. The summed E-state index contributed by atoms with van der Waals surface area (Å²) < 4.78 is 5.17. The summed E-state index contributed by atoms with van der Waals surface area (Å²) in [4.78, 5) is 12.1. The third-order valence-corrected chi connectivity index (χ3v) is 3.29. The first kappa shape index (κ1) is 14.9. The molecule has 2 rings (SSSR count). The molecule has 4 heteroatoms. The lowest BCUT2D eigenvalue weighted by Gasteiger charge is -2.09. The predicted molar refractivity (Wildman–Crippen MR) is 84.6 cm³/mol. The standard InChI is InChI=1S/C17H20N2O2/c1-12-6-7-15(16(18)10-12)17(20)19-9-8-13-4-3-5-14(11-13)21-2/h3-7,10-11H,8-9,18H2,1-2H3,(H,19,20). The van der Waals surface area contributed by atoms with E-state index in [0.29, 0.717) is 17.8 Å². The van der Waals surface area contributed by atoms with E-state index in [-0.39, 0.29) is 5.91 Å². The van der Waals surface area contributed by atoms with Crippen LogP contribution >= 0.6 is 0 Å². The number of hydrogen-bond acceptors (Lipinski definition) is 3. The Morgan fingerprint density at radius 3 is 2.76 bits per heavy atom. The van der Waals surface area contributed by atoms with Crippen LogP contribution in [-0.2, 0) is 6.42 Å². The van der Waals surface area contributed by atoms with E-state index in [1.54, 1.807) is 19.2 Å². The molecule has 0 aromatic heterocycles. The molecule has 0 saturated carbocycles. The number of carbonyl (C=O) groups is 1. The van der Waals surface area contributed by atoms with Crippen molar-refractivity contribution in [2.24, 2.45) is 0 Å². The van der Waals surface area contributed by atoms with Gasteiger partial charge in [0.25, 0.3) is 5.91 Å². The average Bonchev–Trinajstić information content (AvgIpc) is 2.47. The second-order valence-electron chi connectivity index (χ2n) is 4.95. The van der Waals surface area contributed by atoms with E-state index in [1.165, 1.54) is 0 Å². The minimum Gasteiger partial charge on any atom is -0.497 e. The van der Waals surface area contributed by atoms with Crippen molar-refractivity contribution in [3.63, 3.8) is 0 Å². The van der Waals surface area contributed by atoms with Crippen molar-refractivity contribution in [2.75, 3.05) is 19.4 Å². The fourth-order valence-corrected chi connectivity index (χ4v) is 2.13. The summed E-state index contributed by atoms with van der Waals surface area (Å²) in [5.74, 6) is 0.678. The van der Waals surface area contributed by atoms with E-state index in [1.807, 2.05) is 37.3 Å². The Hall–Kier alpha value is -2.49. The van der Waals surface area contributed by atoms with Crippen LogP contribution in [0.1, 0.15) is 21.5 Å². The molecule has 110 valence electrons. The molecular weight excluding hydrogens is 264 g/mol. The number of nitrogens with one attached hydrogen (secondary N) is 1. The van der Waals surface area contributed by atoms with Gasteiger partial charge >= 0.3 is 0 Å². The number of rotatable bonds is 5. The molecule has 0 bridgehead atoms. The fraction of sp³-hybridized carbons (Fsp3) is 0.235. The van der Waals surface area contributed by atoms with E-state index in [9.17, 15) is 4.79 Å². The molecule has 21 heavy (non-hydrogen) atoms. The van der Waals surface area contributed by atoms with Crippen LogP contribution < -0.4 is 15.8 Å². The Labute approximate surface area is 124 Å². The smallest absolute Gasteiger partial charge is 0.253 e. The predicted octanol–water partition coefficient (Wildman–Crippen LogP) is 2.56. The van der Waals surface area contributed by atoms with Gasteiger partial charge in [-0.15, -0.1) is 0 Å². The topological polar surface area (TPSA) is 64.3 Å². The van der Waals surface area contributed by atoms with Crippen molar-refractivity contribution < 1.29 is 9.53 Å². The summed E-state index contributed by atoms with van der Waals surface area (Å²) in [6, 6.07) is 13.3. The summed E-state index contributed by atoms with van der Waals surface area (Å²) in [5, 5.41) is 2.89. The van der Waals surface area contributed by atoms with Crippen LogP contribution in [0.15, 0.2) is 42.5 Å². The minimum atomic E-state index is -0.143. The number of nitrogen functional groups attached to an aromatic ring is 1. The molecule has 0 aliphatic carbocycles. The molecule has 2 aromatic rings. The van der Waals surface area contributed by atoms with Crippen LogP contribution in [-0.4, -0.2) is 19.6 Å². The monoisotopic (exact) mass is 284 g/mol. The Bertz CT molecular complexity index is 638. The molecule has 4 nitrogen and oxygen atoms in total. The lowest BCUT2D eigenvalue weighted by Crippen LogP contribution is -2.26. The maximum atomic E-state index is 12.1. The molecule has 0 atom stereocenters. The van der Waals surface area contributed by atoms with E-state index in [4.69, 9.17) is 10.5 Å². The number of ether oxygens (including phenoxy) is 1. The zero-order chi connectivity index (χ0) is 15.2. The summed E-state index contributed by atoms with van der Waals surface area (Å²) >= 11 is 0. The van der Waals surface area contributed by atoms with Crippen LogP contribution in [0.2, 0.25) is 0 Å². The van der Waals surface area contributed by atoms with Gasteiger partial charge in [0, 0.05) is 12.2 Å². The lowest BCUT2D eigenvalue weighted by molar-refractivity contribution is 0.0955. The summed E-state index contributed by atoms with van der Waals surface area (Å²) in [7, 11) is 1.64. The fourth-order valence-electron chi connectivity index (χ4n) is 2.13. The largest absolute Gasteiger partial charge is 0.497 e. The molecule has 0 aliphatic heterocycles. The van der Waals surface area contributed by atoms with E-state index < -0.39 is 0 Å². The number of carbonyl (C=O) groups excluding carboxylic acids is 1. The van der Waals surface area contributed by atoms with Crippen molar-refractivity contribution in [1.82, 2.24) is 5.32 Å². The highest BCUT2D eigenvalue weighted by Gasteiger charge is 2.08. The van der Waals surface area contributed by atoms with Gasteiger partial charge in [0.05, 0.1) is 12.7 Å². The van der Waals surface area contributed by atoms with Crippen molar-refractivity contribution in [1.29, 1.82) is 0 Å². The highest BCUT2D eigenvalue weighted by atomic mass is 16.5. The maximum absolute atomic E-state index is 12.1. The van der Waals surface area contributed by atoms with Gasteiger partial charge in [0.1, 0.15) is 5.75 Å². The normalized spacial score (nSPS) is 10.2. The van der Waals surface area contributed by atoms with E-state index in [0.717, 1.165) is 23.3 Å². The van der Waals surface area contributed by atoms with Crippen LogP contribution in [0.5, 0.6) is 5.75 Å². The molecule has 0 saturated heterocycles.